The van der Waals surface area contributed by atoms with Gasteiger partial charge in [-0.3, -0.25) is 4.79 Å². The van der Waals surface area contributed by atoms with Crippen LogP contribution in [-0.2, 0) is 11.3 Å². The van der Waals surface area contributed by atoms with Crippen LogP contribution in [0, 0.1) is 6.92 Å². The van der Waals surface area contributed by atoms with Crippen molar-refractivity contribution in [3.63, 3.8) is 0 Å². The number of halogens is 1. The third-order valence-corrected chi connectivity index (χ3v) is 5.23. The van der Waals surface area contributed by atoms with Gasteiger partial charge in [0.2, 0.25) is 5.91 Å². The monoisotopic (exact) mass is 386 g/mol. The molecule has 0 fully saturated rings. The summed E-state index contributed by atoms with van der Waals surface area (Å²) in [5.41, 5.74) is 2.67. The van der Waals surface area contributed by atoms with E-state index in [2.05, 4.69) is 15.5 Å². The molecule has 1 N–H and O–H groups in total. The molecule has 1 amide bonds. The van der Waals surface area contributed by atoms with Crippen molar-refractivity contribution >= 4 is 35.0 Å². The summed E-state index contributed by atoms with van der Waals surface area (Å²) >= 11 is 7.46. The van der Waals surface area contributed by atoms with Crippen molar-refractivity contribution in [3.05, 3.63) is 59.1 Å². The van der Waals surface area contributed by atoms with Gasteiger partial charge >= 0.3 is 0 Å². The summed E-state index contributed by atoms with van der Waals surface area (Å²) in [5, 5.41) is 12.7. The Balaban J connectivity index is 1.67. The zero-order valence-electron chi connectivity index (χ0n) is 14.6. The summed E-state index contributed by atoms with van der Waals surface area (Å²) in [5.74, 6) is 0.946. The van der Waals surface area contributed by atoms with Crippen molar-refractivity contribution in [1.82, 2.24) is 14.8 Å². The fourth-order valence-electron chi connectivity index (χ4n) is 2.48. The number of carbonyl (C=O) groups is 1. The summed E-state index contributed by atoms with van der Waals surface area (Å²) in [7, 11) is 0. The molecule has 0 aliphatic heterocycles. The van der Waals surface area contributed by atoms with Gasteiger partial charge in [0.1, 0.15) is 0 Å². The number of rotatable bonds is 6. The maximum atomic E-state index is 12.2. The number of nitrogens with zero attached hydrogens (tertiary/aromatic N) is 3. The van der Waals surface area contributed by atoms with Crippen molar-refractivity contribution in [2.24, 2.45) is 0 Å². The van der Waals surface area contributed by atoms with Crippen molar-refractivity contribution in [2.75, 3.05) is 11.1 Å². The molecule has 1 heterocycles. The molecule has 3 aromatic rings. The van der Waals surface area contributed by atoms with E-state index in [0.29, 0.717) is 10.7 Å². The van der Waals surface area contributed by atoms with E-state index in [1.807, 2.05) is 60.9 Å². The Bertz CT molecular complexity index is 911. The van der Waals surface area contributed by atoms with Crippen LogP contribution in [0.15, 0.2) is 53.7 Å². The lowest BCUT2D eigenvalue weighted by Crippen LogP contribution is -2.14. The van der Waals surface area contributed by atoms with Gasteiger partial charge in [-0.25, -0.2) is 0 Å². The Morgan fingerprint density at radius 2 is 1.96 bits per heavy atom. The summed E-state index contributed by atoms with van der Waals surface area (Å²) < 4.78 is 2.01. The summed E-state index contributed by atoms with van der Waals surface area (Å²) in [6.07, 6.45) is 0. The van der Waals surface area contributed by atoms with Gasteiger partial charge in [-0.15, -0.1) is 10.2 Å². The summed E-state index contributed by atoms with van der Waals surface area (Å²) in [6, 6.07) is 15.4. The molecule has 0 unspecified atom stereocenters. The molecule has 134 valence electrons. The van der Waals surface area contributed by atoms with E-state index < -0.39 is 0 Å². The van der Waals surface area contributed by atoms with Crippen molar-refractivity contribution < 1.29 is 4.79 Å². The number of aromatic nitrogens is 3. The minimum atomic E-state index is -0.109. The first-order valence-corrected chi connectivity index (χ1v) is 9.62. The highest BCUT2D eigenvalue weighted by molar-refractivity contribution is 7.99. The summed E-state index contributed by atoms with van der Waals surface area (Å²) in [4.78, 5) is 12.2. The molecular weight excluding hydrogens is 368 g/mol. The van der Waals surface area contributed by atoms with Gasteiger partial charge in [0.05, 0.1) is 5.75 Å². The largest absolute Gasteiger partial charge is 0.325 e. The molecule has 0 bridgehead atoms. The molecule has 0 aliphatic rings. The van der Waals surface area contributed by atoms with Crippen LogP contribution >= 0.6 is 23.4 Å². The second kappa shape index (κ2) is 8.38. The molecule has 1 aromatic heterocycles. The summed E-state index contributed by atoms with van der Waals surface area (Å²) in [6.45, 7) is 4.69. The third-order valence-electron chi connectivity index (χ3n) is 3.85. The molecule has 0 spiro atoms. The molecule has 5 nitrogen and oxygen atoms in total. The van der Waals surface area contributed by atoms with Crippen LogP contribution in [0.25, 0.3) is 11.4 Å². The number of benzene rings is 2. The first-order chi connectivity index (χ1) is 12.6. The number of anilines is 1. The zero-order valence-corrected chi connectivity index (χ0v) is 16.1. The van der Waals surface area contributed by atoms with E-state index in [1.54, 1.807) is 6.07 Å². The quantitative estimate of drug-likeness (QED) is 0.626. The van der Waals surface area contributed by atoms with Crippen LogP contribution in [0.3, 0.4) is 0 Å². The maximum absolute atomic E-state index is 12.2. The van der Waals surface area contributed by atoms with Crippen LogP contribution in [0.5, 0.6) is 0 Å². The van der Waals surface area contributed by atoms with E-state index in [0.717, 1.165) is 28.7 Å². The first-order valence-electron chi connectivity index (χ1n) is 8.26. The number of nitrogens with one attached hydrogen (secondary N) is 1. The van der Waals surface area contributed by atoms with Crippen molar-refractivity contribution in [2.45, 2.75) is 25.5 Å². The average molecular weight is 387 g/mol. The van der Waals surface area contributed by atoms with Gasteiger partial charge < -0.3 is 9.88 Å². The van der Waals surface area contributed by atoms with Gasteiger partial charge in [-0.1, -0.05) is 59.8 Å². The molecule has 7 heteroatoms. The number of hydrogen-bond acceptors (Lipinski definition) is 4. The zero-order chi connectivity index (χ0) is 18.5. The van der Waals surface area contributed by atoms with E-state index in [-0.39, 0.29) is 11.7 Å². The molecule has 0 aliphatic carbocycles. The first kappa shape index (κ1) is 18.5. The number of carbonyl (C=O) groups excluding carboxylic acids is 1. The number of thioether (sulfide) groups is 1. The van der Waals surface area contributed by atoms with Gasteiger partial charge in [-0.05, 0) is 31.5 Å². The van der Waals surface area contributed by atoms with Crippen LogP contribution in [0.1, 0.15) is 12.5 Å². The molecule has 0 saturated heterocycles. The molecule has 0 radical (unpaired) electrons. The molecule has 0 atom stereocenters. The fraction of sp³-hybridized carbons (Fsp3) is 0.211. The standard InChI is InChI=1S/C19H19ClN4OS/c1-3-24-18(14-7-5-4-6-8-14)22-23-19(24)26-12-17(25)21-15-10-9-13(2)16(20)11-15/h4-11H,3,12H2,1-2H3,(H,21,25). The van der Waals surface area contributed by atoms with Gasteiger partial charge in [-0.2, -0.15) is 0 Å². The number of hydrogen-bond donors (Lipinski definition) is 1. The molecule has 3 rings (SSSR count). The highest BCUT2D eigenvalue weighted by Gasteiger charge is 2.14. The minimum Gasteiger partial charge on any atom is -0.325 e. The lowest BCUT2D eigenvalue weighted by molar-refractivity contribution is -0.113. The minimum absolute atomic E-state index is 0.109. The predicted octanol–water partition coefficient (Wildman–Crippen LogP) is 4.66. The Hall–Kier alpha value is -2.31. The van der Waals surface area contributed by atoms with E-state index >= 15 is 0 Å². The molecule has 26 heavy (non-hydrogen) atoms. The van der Waals surface area contributed by atoms with Crippen molar-refractivity contribution in [1.29, 1.82) is 0 Å². The predicted molar refractivity (Wildman–Crippen MR) is 107 cm³/mol. The fourth-order valence-corrected chi connectivity index (χ4v) is 3.46. The SMILES string of the molecule is CCn1c(SCC(=O)Nc2ccc(C)c(Cl)c2)nnc1-c1ccccc1. The average Bonchev–Trinajstić information content (AvgIpc) is 3.07. The van der Waals surface area contributed by atoms with Gasteiger partial charge in [0, 0.05) is 22.8 Å². The molecular formula is C19H19ClN4OS. The Morgan fingerprint density at radius 3 is 2.65 bits per heavy atom. The van der Waals surface area contributed by atoms with Crippen LogP contribution in [-0.4, -0.2) is 26.4 Å². The topological polar surface area (TPSA) is 59.8 Å². The highest BCUT2D eigenvalue weighted by Crippen LogP contribution is 2.24. The number of amides is 1. The Morgan fingerprint density at radius 1 is 1.19 bits per heavy atom. The van der Waals surface area contributed by atoms with Gasteiger partial charge in [0.15, 0.2) is 11.0 Å². The Kier molecular flexibility index (Phi) is 5.96. The maximum Gasteiger partial charge on any atom is 0.234 e. The lowest BCUT2D eigenvalue weighted by Gasteiger charge is -2.08. The normalized spacial score (nSPS) is 10.7. The molecule has 0 saturated carbocycles. The van der Waals surface area contributed by atoms with Crippen LogP contribution in [0.2, 0.25) is 5.02 Å². The van der Waals surface area contributed by atoms with E-state index in [4.69, 9.17) is 11.6 Å². The van der Waals surface area contributed by atoms with Gasteiger partial charge in [0.25, 0.3) is 0 Å². The lowest BCUT2D eigenvalue weighted by atomic mass is 10.2. The van der Waals surface area contributed by atoms with Crippen LogP contribution < -0.4 is 5.32 Å². The van der Waals surface area contributed by atoms with E-state index in [1.165, 1.54) is 11.8 Å². The highest BCUT2D eigenvalue weighted by atomic mass is 35.5. The smallest absolute Gasteiger partial charge is 0.234 e. The Labute approximate surface area is 161 Å². The number of aryl methyl sites for hydroxylation is 1. The van der Waals surface area contributed by atoms with E-state index in [9.17, 15) is 4.79 Å². The molecule has 2 aromatic carbocycles. The second-order valence-corrected chi connectivity index (χ2v) is 7.07. The van der Waals surface area contributed by atoms with Crippen molar-refractivity contribution in [3.8, 4) is 11.4 Å². The second-order valence-electron chi connectivity index (χ2n) is 5.72. The van der Waals surface area contributed by atoms with Crippen LogP contribution in [0.4, 0.5) is 5.69 Å². The third kappa shape index (κ3) is 4.26.